The average Bonchev–Trinajstić information content (AvgIpc) is 2.75. The molecule has 0 aliphatic heterocycles. The van der Waals surface area contributed by atoms with Crippen LogP contribution in [0.25, 0.3) is 10.9 Å². The van der Waals surface area contributed by atoms with Gasteiger partial charge in [-0.2, -0.15) is 0 Å². The third-order valence-electron chi connectivity index (χ3n) is 5.43. The van der Waals surface area contributed by atoms with E-state index >= 15 is 0 Å². The highest BCUT2D eigenvalue weighted by Gasteiger charge is 2.22. The van der Waals surface area contributed by atoms with Crippen molar-refractivity contribution in [3.63, 3.8) is 0 Å². The van der Waals surface area contributed by atoms with Gasteiger partial charge in [-0.3, -0.25) is 9.59 Å². The molecule has 1 heterocycles. The Hall–Kier alpha value is -3.28. The summed E-state index contributed by atoms with van der Waals surface area (Å²) in [4.78, 5) is 33.8. The molecule has 2 amide bonds. The maximum Gasteiger partial charge on any atom is 0.227 e. The van der Waals surface area contributed by atoms with E-state index in [1.54, 1.807) is 0 Å². The second-order valence-corrected chi connectivity index (χ2v) is 7.91. The van der Waals surface area contributed by atoms with Crippen LogP contribution in [0.15, 0.2) is 54.6 Å². The fourth-order valence-electron chi connectivity index (χ4n) is 3.52. The molecule has 6 heteroatoms. The van der Waals surface area contributed by atoms with Crippen LogP contribution in [0.5, 0.6) is 0 Å². The Kier molecular flexibility index (Phi) is 6.77. The maximum absolute atomic E-state index is 12.6. The van der Waals surface area contributed by atoms with Crippen LogP contribution in [-0.4, -0.2) is 21.8 Å². The molecule has 0 bridgehead atoms. The third-order valence-corrected chi connectivity index (χ3v) is 5.43. The van der Waals surface area contributed by atoms with Crippen LogP contribution >= 0.6 is 0 Å². The summed E-state index contributed by atoms with van der Waals surface area (Å²) in [6.45, 7) is 6.05. The quantitative estimate of drug-likeness (QED) is 0.601. The second kappa shape index (κ2) is 9.48. The van der Waals surface area contributed by atoms with Crippen molar-refractivity contribution in [3.05, 3.63) is 71.7 Å². The van der Waals surface area contributed by atoms with Gasteiger partial charge in [-0.05, 0) is 24.5 Å². The summed E-state index contributed by atoms with van der Waals surface area (Å²) >= 11 is 0. The lowest BCUT2D eigenvalue weighted by atomic mass is 9.89. The average molecular weight is 405 g/mol. The monoisotopic (exact) mass is 404 g/mol. The Morgan fingerprint density at radius 3 is 2.30 bits per heavy atom. The normalized spacial score (nSPS) is 13.2. The van der Waals surface area contributed by atoms with Gasteiger partial charge in [0.25, 0.3) is 0 Å². The molecule has 2 aromatic carbocycles. The van der Waals surface area contributed by atoms with Gasteiger partial charge in [-0.25, -0.2) is 9.97 Å². The highest BCUT2D eigenvalue weighted by atomic mass is 16.2. The number of nitrogens with two attached hydrogens (primary N) is 1. The summed E-state index contributed by atoms with van der Waals surface area (Å²) in [5.41, 5.74) is 8.13. The van der Waals surface area contributed by atoms with Gasteiger partial charge in [-0.1, -0.05) is 62.4 Å². The van der Waals surface area contributed by atoms with Gasteiger partial charge in [0.15, 0.2) is 0 Å². The molecular formula is C24H28N4O2. The Labute approximate surface area is 176 Å². The summed E-state index contributed by atoms with van der Waals surface area (Å²) < 4.78 is 0. The molecule has 6 nitrogen and oxygen atoms in total. The maximum atomic E-state index is 12.6. The lowest BCUT2D eigenvalue weighted by Gasteiger charge is -2.18. The van der Waals surface area contributed by atoms with Gasteiger partial charge >= 0.3 is 0 Å². The van der Waals surface area contributed by atoms with E-state index in [0.717, 1.165) is 22.2 Å². The minimum absolute atomic E-state index is 0.0864. The zero-order chi connectivity index (χ0) is 21.7. The Morgan fingerprint density at radius 1 is 0.967 bits per heavy atom. The SMILES string of the molecule is CC(C(=O)NCc1nc(C[C@H](C(N)=O)C(C)C)c2ccccc2n1)c1ccccc1. The van der Waals surface area contributed by atoms with Crippen LogP contribution in [-0.2, 0) is 22.6 Å². The minimum atomic E-state index is -0.334. The number of primary amides is 1. The molecule has 156 valence electrons. The van der Waals surface area contributed by atoms with E-state index < -0.39 is 0 Å². The highest BCUT2D eigenvalue weighted by molar-refractivity contribution is 5.84. The van der Waals surface area contributed by atoms with Gasteiger partial charge < -0.3 is 11.1 Å². The number of carbonyl (C=O) groups excluding carboxylic acids is 2. The summed E-state index contributed by atoms with van der Waals surface area (Å²) in [5.74, 6) is -0.388. The second-order valence-electron chi connectivity index (χ2n) is 7.91. The number of nitrogens with zero attached hydrogens (tertiary/aromatic N) is 2. The van der Waals surface area contributed by atoms with E-state index in [9.17, 15) is 9.59 Å². The van der Waals surface area contributed by atoms with Crippen LogP contribution in [0.2, 0.25) is 0 Å². The first-order valence-electron chi connectivity index (χ1n) is 10.2. The molecule has 3 aromatic rings. The van der Waals surface area contributed by atoms with E-state index in [2.05, 4.69) is 15.3 Å². The van der Waals surface area contributed by atoms with Crippen molar-refractivity contribution in [1.82, 2.24) is 15.3 Å². The van der Waals surface area contributed by atoms with Gasteiger partial charge in [0, 0.05) is 17.7 Å². The summed E-state index contributed by atoms with van der Waals surface area (Å²) in [6.07, 6.45) is 0.442. The topological polar surface area (TPSA) is 98.0 Å². The molecule has 1 unspecified atom stereocenters. The molecule has 0 radical (unpaired) electrons. The summed E-state index contributed by atoms with van der Waals surface area (Å²) in [6, 6.07) is 17.3. The van der Waals surface area contributed by atoms with Crippen LogP contribution in [0.3, 0.4) is 0 Å². The molecule has 0 aliphatic carbocycles. The van der Waals surface area contributed by atoms with Crippen molar-refractivity contribution < 1.29 is 9.59 Å². The largest absolute Gasteiger partial charge is 0.369 e. The van der Waals surface area contributed by atoms with Crippen molar-refractivity contribution in [2.24, 2.45) is 17.6 Å². The molecular weight excluding hydrogens is 376 g/mol. The molecule has 2 atom stereocenters. The predicted molar refractivity (Wildman–Crippen MR) is 117 cm³/mol. The third kappa shape index (κ3) is 5.00. The van der Waals surface area contributed by atoms with E-state index in [1.807, 2.05) is 75.4 Å². The smallest absolute Gasteiger partial charge is 0.227 e. The van der Waals surface area contributed by atoms with Crippen LogP contribution in [0, 0.1) is 11.8 Å². The number of carbonyl (C=O) groups is 2. The van der Waals surface area contributed by atoms with Crippen LogP contribution < -0.4 is 11.1 Å². The van der Waals surface area contributed by atoms with Gasteiger partial charge in [0.2, 0.25) is 11.8 Å². The number of hydrogen-bond acceptors (Lipinski definition) is 4. The van der Waals surface area contributed by atoms with Gasteiger partial charge in [0.05, 0.1) is 23.7 Å². The van der Waals surface area contributed by atoms with Crippen LogP contribution in [0.4, 0.5) is 0 Å². The van der Waals surface area contributed by atoms with E-state index in [-0.39, 0.29) is 36.1 Å². The molecule has 0 saturated carbocycles. The zero-order valence-electron chi connectivity index (χ0n) is 17.6. The number of hydrogen-bond donors (Lipinski definition) is 2. The van der Waals surface area contributed by atoms with E-state index in [1.165, 1.54) is 0 Å². The van der Waals surface area contributed by atoms with E-state index in [4.69, 9.17) is 5.73 Å². The number of nitrogens with one attached hydrogen (secondary N) is 1. The molecule has 30 heavy (non-hydrogen) atoms. The molecule has 3 N–H and O–H groups in total. The van der Waals surface area contributed by atoms with Crippen molar-refractivity contribution in [2.45, 2.75) is 39.7 Å². The minimum Gasteiger partial charge on any atom is -0.369 e. The molecule has 0 saturated heterocycles. The molecule has 0 spiro atoms. The first-order chi connectivity index (χ1) is 14.4. The van der Waals surface area contributed by atoms with Gasteiger partial charge in [-0.15, -0.1) is 0 Å². The fraction of sp³-hybridized carbons (Fsp3) is 0.333. The molecule has 0 aliphatic rings. The number of fused-ring (bicyclic) bond motifs is 1. The number of aromatic nitrogens is 2. The molecule has 3 rings (SSSR count). The standard InChI is InChI=1S/C24H28N4O2/c1-15(2)19(23(25)29)13-21-18-11-7-8-12-20(18)27-22(28-21)14-26-24(30)16(3)17-9-5-4-6-10-17/h4-12,15-16,19H,13-14H2,1-3H3,(H2,25,29)(H,26,30)/t16?,19-/m0/s1. The number of benzene rings is 2. The van der Waals surface area contributed by atoms with Crippen molar-refractivity contribution in [3.8, 4) is 0 Å². The fourth-order valence-corrected chi connectivity index (χ4v) is 3.52. The molecule has 1 aromatic heterocycles. The Morgan fingerprint density at radius 2 is 1.63 bits per heavy atom. The number of rotatable bonds is 8. The predicted octanol–water partition coefficient (Wildman–Crippen LogP) is 3.35. The van der Waals surface area contributed by atoms with Crippen molar-refractivity contribution in [2.75, 3.05) is 0 Å². The van der Waals surface area contributed by atoms with Crippen molar-refractivity contribution >= 4 is 22.7 Å². The lowest BCUT2D eigenvalue weighted by Crippen LogP contribution is -2.30. The molecule has 0 fully saturated rings. The Balaban J connectivity index is 1.82. The van der Waals surface area contributed by atoms with Gasteiger partial charge in [0.1, 0.15) is 5.82 Å². The summed E-state index contributed by atoms with van der Waals surface area (Å²) in [7, 11) is 0. The lowest BCUT2D eigenvalue weighted by molar-refractivity contribution is -0.123. The number of para-hydroxylation sites is 1. The zero-order valence-corrected chi connectivity index (χ0v) is 17.6. The van der Waals surface area contributed by atoms with E-state index in [0.29, 0.717) is 12.2 Å². The summed E-state index contributed by atoms with van der Waals surface area (Å²) in [5, 5.41) is 3.83. The van der Waals surface area contributed by atoms with Crippen molar-refractivity contribution in [1.29, 1.82) is 0 Å². The first-order valence-corrected chi connectivity index (χ1v) is 10.2. The number of amides is 2. The Bertz CT molecular complexity index is 1030. The highest BCUT2D eigenvalue weighted by Crippen LogP contribution is 2.22. The first kappa shape index (κ1) is 21.4. The van der Waals surface area contributed by atoms with Crippen LogP contribution in [0.1, 0.15) is 43.8 Å².